The van der Waals surface area contributed by atoms with Crippen LogP contribution >= 0.6 is 0 Å². The van der Waals surface area contributed by atoms with Crippen molar-refractivity contribution in [2.45, 2.75) is 31.5 Å². The van der Waals surface area contributed by atoms with Crippen LogP contribution in [0.15, 0.2) is 101 Å². The first kappa shape index (κ1) is 24.3. The second kappa shape index (κ2) is 11.0. The molecule has 35 heavy (non-hydrogen) atoms. The molecule has 0 bridgehead atoms. The molecule has 3 aromatic carbocycles. The molecule has 0 spiro atoms. The van der Waals surface area contributed by atoms with Crippen LogP contribution in [0.4, 0.5) is 0 Å². The zero-order chi connectivity index (χ0) is 24.7. The van der Waals surface area contributed by atoms with Crippen molar-refractivity contribution in [3.63, 3.8) is 0 Å². The predicted octanol–water partition coefficient (Wildman–Crippen LogP) is 4.58. The van der Waals surface area contributed by atoms with E-state index < -0.39 is 10.0 Å². The lowest BCUT2D eigenvalue weighted by atomic mass is 10.1. The summed E-state index contributed by atoms with van der Waals surface area (Å²) in [4.78, 5) is 12.8. The van der Waals surface area contributed by atoms with Crippen LogP contribution in [0.5, 0.6) is 5.75 Å². The van der Waals surface area contributed by atoms with E-state index in [-0.39, 0.29) is 17.3 Å². The average molecular weight is 491 g/mol. The third kappa shape index (κ3) is 6.59. The molecule has 0 saturated carbocycles. The summed E-state index contributed by atoms with van der Waals surface area (Å²) in [5.74, 6) is 0.956. The highest BCUT2D eigenvalue weighted by molar-refractivity contribution is 7.89. The summed E-state index contributed by atoms with van der Waals surface area (Å²) in [6.07, 6.45) is 1.48. The van der Waals surface area contributed by atoms with Crippen LogP contribution in [0.1, 0.15) is 32.8 Å². The highest BCUT2D eigenvalue weighted by atomic mass is 32.2. The van der Waals surface area contributed by atoms with Gasteiger partial charge in [-0.1, -0.05) is 48.5 Å². The zero-order valence-electron chi connectivity index (χ0n) is 19.2. The van der Waals surface area contributed by atoms with Gasteiger partial charge in [0, 0.05) is 12.1 Å². The Morgan fingerprint density at radius 1 is 0.886 bits per heavy atom. The Balaban J connectivity index is 1.35. The summed E-state index contributed by atoms with van der Waals surface area (Å²) >= 11 is 0. The Hall–Kier alpha value is -3.88. The smallest absolute Gasteiger partial charge is 0.251 e. The maximum Gasteiger partial charge on any atom is 0.251 e. The van der Waals surface area contributed by atoms with Crippen molar-refractivity contribution in [3.05, 3.63) is 119 Å². The van der Waals surface area contributed by atoms with Crippen LogP contribution in [0.25, 0.3) is 0 Å². The van der Waals surface area contributed by atoms with Crippen LogP contribution in [0.2, 0.25) is 0 Å². The number of para-hydroxylation sites is 1. The predicted molar refractivity (Wildman–Crippen MR) is 132 cm³/mol. The molecule has 4 aromatic rings. The van der Waals surface area contributed by atoms with E-state index in [1.165, 1.54) is 18.4 Å². The first-order valence-corrected chi connectivity index (χ1v) is 12.6. The molecule has 180 valence electrons. The van der Waals surface area contributed by atoms with Gasteiger partial charge in [-0.3, -0.25) is 4.79 Å². The minimum Gasteiger partial charge on any atom is -0.489 e. The van der Waals surface area contributed by atoms with Gasteiger partial charge in [0.15, 0.2) is 0 Å². The van der Waals surface area contributed by atoms with Crippen molar-refractivity contribution in [1.29, 1.82) is 0 Å². The van der Waals surface area contributed by atoms with Crippen LogP contribution in [0, 0.1) is 6.92 Å². The highest BCUT2D eigenvalue weighted by Gasteiger charge is 2.18. The fraction of sp³-hybridized carbons (Fsp3) is 0.148. The molecule has 8 heteroatoms. The summed E-state index contributed by atoms with van der Waals surface area (Å²) in [5.41, 5.74) is 2.92. The largest absolute Gasteiger partial charge is 0.489 e. The number of carbonyl (C=O) groups is 1. The number of sulfonamides is 1. The van der Waals surface area contributed by atoms with Crippen molar-refractivity contribution in [3.8, 4) is 5.75 Å². The number of aryl methyl sites for hydroxylation is 1. The van der Waals surface area contributed by atoms with E-state index in [1.54, 1.807) is 25.1 Å². The van der Waals surface area contributed by atoms with Crippen molar-refractivity contribution in [1.82, 2.24) is 10.0 Å². The summed E-state index contributed by atoms with van der Waals surface area (Å²) in [6.45, 7) is 2.55. The molecule has 0 fully saturated rings. The van der Waals surface area contributed by atoms with Gasteiger partial charge >= 0.3 is 0 Å². The maximum atomic E-state index is 12.8. The topological polar surface area (TPSA) is 97.6 Å². The number of hydrogen-bond donors (Lipinski definition) is 2. The number of benzene rings is 3. The molecule has 0 aliphatic carbocycles. The standard InChI is InChI=1S/C27H26N2O5S/c1-20-9-14-25(35(31,32)29-18-24-8-5-15-33-24)16-26(20)27(30)28-17-21-10-12-22(13-11-21)19-34-23-6-3-2-4-7-23/h2-16,29H,17-19H2,1H3,(H,28,30). The molecule has 1 heterocycles. The molecule has 0 atom stereocenters. The van der Waals surface area contributed by atoms with Gasteiger partial charge in [-0.05, 0) is 60.0 Å². The van der Waals surface area contributed by atoms with Crippen molar-refractivity contribution >= 4 is 15.9 Å². The summed E-state index contributed by atoms with van der Waals surface area (Å²) < 4.78 is 38.7. The number of nitrogens with one attached hydrogen (secondary N) is 2. The first-order valence-electron chi connectivity index (χ1n) is 11.1. The van der Waals surface area contributed by atoms with Crippen molar-refractivity contribution < 1.29 is 22.4 Å². The molecule has 7 nitrogen and oxygen atoms in total. The Labute approximate surface area is 204 Å². The van der Waals surface area contributed by atoms with Crippen LogP contribution in [0.3, 0.4) is 0 Å². The van der Waals surface area contributed by atoms with E-state index in [0.29, 0.717) is 30.0 Å². The van der Waals surface area contributed by atoms with E-state index in [9.17, 15) is 13.2 Å². The molecule has 2 N–H and O–H groups in total. The second-order valence-corrected chi connectivity index (χ2v) is 9.75. The average Bonchev–Trinajstić information content (AvgIpc) is 3.40. The van der Waals surface area contributed by atoms with Gasteiger partial charge in [0.05, 0.1) is 17.7 Å². The van der Waals surface area contributed by atoms with E-state index in [0.717, 1.165) is 16.9 Å². The van der Waals surface area contributed by atoms with Crippen LogP contribution in [-0.2, 0) is 29.7 Å². The van der Waals surface area contributed by atoms with Gasteiger partial charge < -0.3 is 14.5 Å². The van der Waals surface area contributed by atoms with Gasteiger partial charge in [-0.25, -0.2) is 13.1 Å². The normalized spacial score (nSPS) is 11.2. The minimum atomic E-state index is -3.81. The summed E-state index contributed by atoms with van der Waals surface area (Å²) in [6, 6.07) is 25.2. The van der Waals surface area contributed by atoms with Crippen molar-refractivity contribution in [2.24, 2.45) is 0 Å². The third-order valence-corrected chi connectivity index (χ3v) is 6.80. The number of rotatable bonds is 10. The molecule has 0 aliphatic rings. The highest BCUT2D eigenvalue weighted by Crippen LogP contribution is 2.17. The lowest BCUT2D eigenvalue weighted by molar-refractivity contribution is 0.0950. The second-order valence-electron chi connectivity index (χ2n) is 7.98. The molecule has 4 rings (SSSR count). The van der Waals surface area contributed by atoms with Crippen molar-refractivity contribution in [2.75, 3.05) is 0 Å². The Morgan fingerprint density at radius 3 is 2.34 bits per heavy atom. The number of ether oxygens (including phenoxy) is 1. The lowest BCUT2D eigenvalue weighted by Gasteiger charge is -2.11. The maximum absolute atomic E-state index is 12.8. The molecular formula is C27H26N2O5S. The fourth-order valence-electron chi connectivity index (χ4n) is 3.39. The molecule has 0 radical (unpaired) electrons. The first-order chi connectivity index (χ1) is 16.9. The number of hydrogen-bond acceptors (Lipinski definition) is 5. The summed E-state index contributed by atoms with van der Waals surface area (Å²) in [7, 11) is -3.81. The molecular weight excluding hydrogens is 464 g/mol. The van der Waals surface area contributed by atoms with Gasteiger partial charge in [-0.2, -0.15) is 0 Å². The van der Waals surface area contributed by atoms with E-state index in [2.05, 4.69) is 10.0 Å². The SMILES string of the molecule is Cc1ccc(S(=O)(=O)NCc2ccco2)cc1C(=O)NCc1ccc(COc2ccccc2)cc1. The van der Waals surface area contributed by atoms with Crippen LogP contribution in [-0.4, -0.2) is 14.3 Å². The van der Waals surface area contributed by atoms with E-state index in [4.69, 9.17) is 9.15 Å². The Morgan fingerprint density at radius 2 is 1.63 bits per heavy atom. The van der Waals surface area contributed by atoms with Gasteiger partial charge in [0.2, 0.25) is 10.0 Å². The van der Waals surface area contributed by atoms with E-state index >= 15 is 0 Å². The molecule has 0 unspecified atom stereocenters. The number of amides is 1. The zero-order valence-corrected chi connectivity index (χ0v) is 20.0. The lowest BCUT2D eigenvalue weighted by Crippen LogP contribution is -2.26. The van der Waals surface area contributed by atoms with Crippen LogP contribution < -0.4 is 14.8 Å². The quantitative estimate of drug-likeness (QED) is 0.339. The Kier molecular flexibility index (Phi) is 7.64. The summed E-state index contributed by atoms with van der Waals surface area (Å²) in [5, 5.41) is 2.87. The monoisotopic (exact) mass is 490 g/mol. The third-order valence-electron chi connectivity index (χ3n) is 5.41. The molecule has 0 aliphatic heterocycles. The molecule has 1 amide bonds. The minimum absolute atomic E-state index is 0.0163. The number of furan rings is 1. The number of carbonyl (C=O) groups excluding carboxylic acids is 1. The van der Waals surface area contributed by atoms with Gasteiger partial charge in [-0.15, -0.1) is 0 Å². The molecule has 0 saturated heterocycles. The molecule has 1 aromatic heterocycles. The van der Waals surface area contributed by atoms with E-state index in [1.807, 2.05) is 54.6 Å². The Bertz CT molecular complexity index is 1370. The van der Waals surface area contributed by atoms with Gasteiger partial charge in [0.1, 0.15) is 18.1 Å². The van der Waals surface area contributed by atoms with Gasteiger partial charge in [0.25, 0.3) is 5.91 Å². The fourth-order valence-corrected chi connectivity index (χ4v) is 4.41.